The first kappa shape index (κ1) is 27.6. The fraction of sp³-hybridized carbons (Fsp3) is 0.385. The molecule has 1 aliphatic rings. The number of fused-ring (bicyclic) bond motifs is 5. The molecule has 0 aromatic heterocycles. The van der Waals surface area contributed by atoms with Crippen molar-refractivity contribution in [2.45, 2.75) is 43.8 Å². The molecule has 0 fully saturated rings. The Morgan fingerprint density at radius 1 is 1.14 bits per heavy atom. The monoisotopic (exact) mass is 511 g/mol. The first-order chi connectivity index (χ1) is 17.6. The normalized spacial score (nSPS) is 20.4. The highest BCUT2D eigenvalue weighted by atomic mass is 16.4. The fourth-order valence-corrected chi connectivity index (χ4v) is 4.30. The molecule has 0 saturated heterocycles. The molecule has 3 rings (SSSR count). The largest absolute Gasteiger partial charge is 0.508 e. The molecule has 3 amide bonds. The van der Waals surface area contributed by atoms with Gasteiger partial charge < -0.3 is 37.2 Å². The van der Waals surface area contributed by atoms with Gasteiger partial charge >= 0.3 is 5.97 Å². The van der Waals surface area contributed by atoms with Crippen LogP contribution < -0.4 is 22.1 Å². The van der Waals surface area contributed by atoms with Gasteiger partial charge in [-0.2, -0.15) is 0 Å². The van der Waals surface area contributed by atoms with Gasteiger partial charge in [-0.15, -0.1) is 0 Å². The van der Waals surface area contributed by atoms with E-state index in [1.807, 2.05) is 24.3 Å². The molecule has 2 unspecified atom stereocenters. The van der Waals surface area contributed by atoms with Gasteiger partial charge in [0.15, 0.2) is 0 Å². The molecule has 1 heterocycles. The molecule has 11 heteroatoms. The zero-order chi connectivity index (χ0) is 27.1. The third-order valence-corrected chi connectivity index (χ3v) is 6.39. The van der Waals surface area contributed by atoms with E-state index < -0.39 is 48.4 Å². The van der Waals surface area contributed by atoms with Crippen molar-refractivity contribution in [3.8, 4) is 16.9 Å². The van der Waals surface area contributed by atoms with Gasteiger partial charge in [-0.25, -0.2) is 0 Å². The SMILES string of the molecule is CN1C(=O)[C@H](CCCN)NC(=O)C(N)Cc2cccc(c2)-c2ccc(O)c(c2)CC1C(=O)NCC(=O)O. The molecular weight excluding hydrogens is 478 g/mol. The number of phenols is 1. The third-order valence-electron chi connectivity index (χ3n) is 6.39. The molecule has 11 nitrogen and oxygen atoms in total. The molecule has 8 N–H and O–H groups in total. The number of amides is 3. The Morgan fingerprint density at radius 3 is 2.57 bits per heavy atom. The maximum absolute atomic E-state index is 13.5. The number of aromatic hydroxyl groups is 1. The Bertz CT molecular complexity index is 1170. The highest BCUT2D eigenvalue weighted by Gasteiger charge is 2.33. The highest BCUT2D eigenvalue weighted by molar-refractivity contribution is 5.94. The summed E-state index contributed by atoms with van der Waals surface area (Å²) in [5, 5.41) is 24.6. The lowest BCUT2D eigenvalue weighted by Crippen LogP contribution is -2.57. The Balaban J connectivity index is 2.10. The molecule has 2 aromatic carbocycles. The van der Waals surface area contributed by atoms with Crippen molar-refractivity contribution in [1.82, 2.24) is 15.5 Å². The average molecular weight is 512 g/mol. The summed E-state index contributed by atoms with van der Waals surface area (Å²) in [6.45, 7) is -0.357. The van der Waals surface area contributed by atoms with E-state index in [9.17, 15) is 24.3 Å². The molecule has 1 aliphatic heterocycles. The minimum atomic E-state index is -1.24. The van der Waals surface area contributed by atoms with Crippen molar-refractivity contribution in [2.75, 3.05) is 20.1 Å². The van der Waals surface area contributed by atoms with Crippen molar-refractivity contribution in [2.24, 2.45) is 11.5 Å². The molecular formula is C26H33N5O6. The number of hydrogen-bond donors (Lipinski definition) is 6. The first-order valence-corrected chi connectivity index (χ1v) is 12.0. The summed E-state index contributed by atoms with van der Waals surface area (Å²) < 4.78 is 0. The minimum Gasteiger partial charge on any atom is -0.508 e. The number of carbonyl (C=O) groups excluding carboxylic acids is 3. The molecule has 0 aliphatic carbocycles. The summed E-state index contributed by atoms with van der Waals surface area (Å²) in [4.78, 5) is 51.7. The summed E-state index contributed by atoms with van der Waals surface area (Å²) in [5.41, 5.74) is 14.6. The molecule has 198 valence electrons. The number of benzene rings is 2. The van der Waals surface area contributed by atoms with E-state index in [2.05, 4.69) is 10.6 Å². The van der Waals surface area contributed by atoms with E-state index in [-0.39, 0.29) is 31.6 Å². The molecule has 2 aromatic rings. The Kier molecular flexibility index (Phi) is 9.20. The zero-order valence-electron chi connectivity index (χ0n) is 20.6. The van der Waals surface area contributed by atoms with Gasteiger partial charge in [0, 0.05) is 13.5 Å². The van der Waals surface area contributed by atoms with E-state index >= 15 is 0 Å². The predicted molar refractivity (Wildman–Crippen MR) is 136 cm³/mol. The summed E-state index contributed by atoms with van der Waals surface area (Å²) >= 11 is 0. The van der Waals surface area contributed by atoms with E-state index in [0.717, 1.165) is 21.6 Å². The van der Waals surface area contributed by atoms with Crippen LogP contribution >= 0.6 is 0 Å². The highest BCUT2D eigenvalue weighted by Crippen LogP contribution is 2.29. The van der Waals surface area contributed by atoms with Gasteiger partial charge in [-0.1, -0.05) is 30.3 Å². The predicted octanol–water partition coefficient (Wildman–Crippen LogP) is -0.263. The van der Waals surface area contributed by atoms with Crippen molar-refractivity contribution < 1.29 is 29.4 Å². The number of nitrogens with zero attached hydrogens (tertiary/aromatic N) is 1. The maximum Gasteiger partial charge on any atom is 0.322 e. The van der Waals surface area contributed by atoms with Crippen LogP contribution in [-0.4, -0.2) is 77.1 Å². The van der Waals surface area contributed by atoms with Gasteiger partial charge in [0.25, 0.3) is 0 Å². The fourth-order valence-electron chi connectivity index (χ4n) is 4.30. The lowest BCUT2D eigenvalue weighted by atomic mass is 9.95. The van der Waals surface area contributed by atoms with Crippen LogP contribution in [-0.2, 0) is 32.0 Å². The standard InChI is InChI=1S/C26H33N5O6/c1-31-21(25(36)29-14-23(33)34)13-18-12-17(7-8-22(18)32)16-5-2-4-15(10-16)11-19(28)24(35)30-20(26(31)37)6-3-9-27/h2,4-5,7-8,10,12,19-21,32H,3,6,9,11,13-14,27-28H2,1H3,(H,29,36)(H,30,35)(H,33,34)/t19?,20-,21?/m0/s1. The van der Waals surface area contributed by atoms with E-state index in [4.69, 9.17) is 16.6 Å². The number of hydrogen-bond acceptors (Lipinski definition) is 7. The van der Waals surface area contributed by atoms with Crippen molar-refractivity contribution in [1.29, 1.82) is 0 Å². The number of phenolic OH excluding ortho intramolecular Hbond substituents is 1. The second-order valence-corrected chi connectivity index (χ2v) is 9.13. The van der Waals surface area contributed by atoms with E-state index in [1.54, 1.807) is 12.1 Å². The summed E-state index contributed by atoms with van der Waals surface area (Å²) in [6, 6.07) is 9.30. The van der Waals surface area contributed by atoms with Crippen LogP contribution in [0.5, 0.6) is 5.75 Å². The second kappa shape index (κ2) is 12.3. The number of carboxylic acid groups (broad SMARTS) is 1. The number of rotatable bonds is 6. The molecule has 0 spiro atoms. The second-order valence-electron chi connectivity index (χ2n) is 9.13. The topological polar surface area (TPSA) is 188 Å². The Hall–Kier alpha value is -3.96. The number of carbonyl (C=O) groups is 4. The first-order valence-electron chi connectivity index (χ1n) is 12.0. The van der Waals surface area contributed by atoms with Crippen molar-refractivity contribution >= 4 is 23.7 Å². The molecule has 3 atom stereocenters. The van der Waals surface area contributed by atoms with Gasteiger partial charge in [0.1, 0.15) is 24.4 Å². The number of carboxylic acids is 1. The molecule has 0 saturated carbocycles. The average Bonchev–Trinajstić information content (AvgIpc) is 2.87. The third kappa shape index (κ3) is 7.05. The van der Waals surface area contributed by atoms with Crippen molar-refractivity contribution in [3.63, 3.8) is 0 Å². The van der Waals surface area contributed by atoms with E-state index in [1.165, 1.54) is 13.1 Å². The summed E-state index contributed by atoms with van der Waals surface area (Å²) in [6.07, 6.45) is 0.793. The smallest absolute Gasteiger partial charge is 0.322 e. The molecule has 37 heavy (non-hydrogen) atoms. The van der Waals surface area contributed by atoms with Crippen LogP contribution in [0.4, 0.5) is 0 Å². The van der Waals surface area contributed by atoms with Crippen molar-refractivity contribution in [3.05, 3.63) is 53.6 Å². The van der Waals surface area contributed by atoms with Crippen LogP contribution in [0.15, 0.2) is 42.5 Å². The number of aliphatic carboxylic acids is 1. The van der Waals surface area contributed by atoms with Gasteiger partial charge in [-0.3, -0.25) is 19.2 Å². The zero-order valence-corrected chi connectivity index (χ0v) is 20.6. The van der Waals surface area contributed by atoms with Gasteiger partial charge in [0.2, 0.25) is 17.7 Å². The van der Waals surface area contributed by atoms with Crippen LogP contribution in [0.3, 0.4) is 0 Å². The lowest BCUT2D eigenvalue weighted by Gasteiger charge is -2.31. The number of nitrogens with two attached hydrogens (primary N) is 2. The van der Waals surface area contributed by atoms with Crippen LogP contribution in [0.2, 0.25) is 0 Å². The maximum atomic E-state index is 13.5. The van der Waals surface area contributed by atoms with Gasteiger partial charge in [-0.05, 0) is 60.2 Å². The summed E-state index contributed by atoms with van der Waals surface area (Å²) in [5.74, 6) is -3.11. The number of nitrogens with one attached hydrogen (secondary N) is 2. The van der Waals surface area contributed by atoms with Crippen LogP contribution in [0, 0.1) is 0 Å². The lowest BCUT2D eigenvalue weighted by molar-refractivity contribution is -0.143. The quantitative estimate of drug-likeness (QED) is 0.306. The Labute approximate surface area is 214 Å². The van der Waals surface area contributed by atoms with Crippen LogP contribution in [0.1, 0.15) is 24.0 Å². The van der Waals surface area contributed by atoms with Crippen LogP contribution in [0.25, 0.3) is 11.1 Å². The minimum absolute atomic E-state index is 0.0730. The molecule has 0 radical (unpaired) electrons. The van der Waals surface area contributed by atoms with Gasteiger partial charge in [0.05, 0.1) is 6.04 Å². The number of likely N-dealkylation sites (N-methyl/N-ethyl adjacent to an activating group) is 1. The van der Waals surface area contributed by atoms with E-state index in [0.29, 0.717) is 12.0 Å². The summed E-state index contributed by atoms with van der Waals surface area (Å²) in [7, 11) is 1.40. The molecule has 4 bridgehead atoms. The Morgan fingerprint density at radius 2 is 1.86 bits per heavy atom.